The summed E-state index contributed by atoms with van der Waals surface area (Å²) in [7, 11) is 0. The molecule has 3 heteroatoms. The number of anilines is 1. The fraction of sp³-hybridized carbons (Fsp3) is 0.300. The fourth-order valence-corrected chi connectivity index (χ4v) is 2.40. The summed E-state index contributed by atoms with van der Waals surface area (Å²) in [5.41, 5.74) is 1.63. The van der Waals surface area contributed by atoms with Crippen LogP contribution in [0.15, 0.2) is 24.3 Å². The van der Waals surface area contributed by atoms with E-state index in [2.05, 4.69) is 16.1 Å². The van der Waals surface area contributed by atoms with Gasteiger partial charge in [-0.1, -0.05) is 18.2 Å². The molecule has 0 bridgehead atoms. The van der Waals surface area contributed by atoms with Crippen LogP contribution in [0, 0.1) is 0 Å². The van der Waals surface area contributed by atoms with E-state index in [1.807, 2.05) is 38.1 Å². The Morgan fingerprint density at radius 1 is 1.31 bits per heavy atom. The first-order valence-corrected chi connectivity index (χ1v) is 4.86. The van der Waals surface area contributed by atoms with E-state index in [0.717, 1.165) is 11.3 Å². The minimum Gasteiger partial charge on any atom is -0.273 e. The van der Waals surface area contributed by atoms with E-state index in [-0.39, 0.29) is 5.91 Å². The number of fused-ring (bicyclic) bond motifs is 1. The number of hydrogen-bond acceptors (Lipinski definition) is 1. The van der Waals surface area contributed by atoms with Crippen molar-refractivity contribution < 1.29 is 4.79 Å². The molecule has 1 aliphatic heterocycles. The standard InChI is InChI=1S/C10H10BrNO/c1-10(2)7-5-3-4-6-8(7)12(11)9(10)13/h3-6H,1-2H3. The second-order valence-electron chi connectivity index (χ2n) is 3.73. The van der Waals surface area contributed by atoms with Gasteiger partial charge in [0, 0.05) is 0 Å². The maximum atomic E-state index is 11.8. The number of carbonyl (C=O) groups excluding carboxylic acids is 1. The third-order valence-electron chi connectivity index (χ3n) is 2.50. The lowest BCUT2D eigenvalue weighted by Crippen LogP contribution is -2.30. The summed E-state index contributed by atoms with van der Waals surface area (Å²) >= 11 is 3.26. The Morgan fingerprint density at radius 3 is 2.54 bits per heavy atom. The third-order valence-corrected chi connectivity index (χ3v) is 3.21. The highest BCUT2D eigenvalue weighted by Gasteiger charge is 2.42. The van der Waals surface area contributed by atoms with Crippen LogP contribution in [0.3, 0.4) is 0 Å². The van der Waals surface area contributed by atoms with E-state index in [0.29, 0.717) is 0 Å². The molecule has 68 valence electrons. The number of para-hydroxylation sites is 1. The van der Waals surface area contributed by atoms with Crippen molar-refractivity contribution in [1.29, 1.82) is 0 Å². The Balaban J connectivity index is 2.68. The van der Waals surface area contributed by atoms with Crippen molar-refractivity contribution in [1.82, 2.24) is 0 Å². The normalized spacial score (nSPS) is 19.0. The molecule has 2 nitrogen and oxygen atoms in total. The van der Waals surface area contributed by atoms with Gasteiger partial charge in [0.25, 0.3) is 0 Å². The zero-order valence-electron chi connectivity index (χ0n) is 7.54. The van der Waals surface area contributed by atoms with Gasteiger partial charge in [-0.15, -0.1) is 0 Å². The van der Waals surface area contributed by atoms with Crippen molar-refractivity contribution in [2.45, 2.75) is 19.3 Å². The molecule has 0 aromatic heterocycles. The molecule has 2 rings (SSSR count). The number of carbonyl (C=O) groups is 1. The minimum absolute atomic E-state index is 0.0914. The molecular formula is C10H10BrNO. The molecule has 0 saturated carbocycles. The molecule has 13 heavy (non-hydrogen) atoms. The van der Waals surface area contributed by atoms with Gasteiger partial charge in [-0.2, -0.15) is 0 Å². The lowest BCUT2D eigenvalue weighted by atomic mass is 9.86. The van der Waals surface area contributed by atoms with Crippen LogP contribution < -0.4 is 3.93 Å². The second-order valence-corrected chi connectivity index (χ2v) is 4.44. The summed E-state index contributed by atoms with van der Waals surface area (Å²) in [5, 5.41) is 0. The number of nitrogens with zero attached hydrogens (tertiary/aromatic N) is 1. The molecule has 1 aromatic rings. The lowest BCUT2D eigenvalue weighted by Gasteiger charge is -2.15. The summed E-state index contributed by atoms with van der Waals surface area (Å²) in [6, 6.07) is 7.83. The van der Waals surface area contributed by atoms with Gasteiger partial charge < -0.3 is 0 Å². The topological polar surface area (TPSA) is 20.3 Å². The largest absolute Gasteiger partial charge is 0.273 e. The van der Waals surface area contributed by atoms with Gasteiger partial charge in [0.05, 0.1) is 27.2 Å². The maximum Gasteiger partial charge on any atom is 0.247 e. The molecule has 1 heterocycles. The molecule has 1 aromatic carbocycles. The number of rotatable bonds is 0. The van der Waals surface area contributed by atoms with E-state index in [9.17, 15) is 4.79 Å². The Morgan fingerprint density at radius 2 is 1.92 bits per heavy atom. The minimum atomic E-state index is -0.403. The van der Waals surface area contributed by atoms with Crippen molar-refractivity contribution in [2.24, 2.45) is 0 Å². The fourth-order valence-electron chi connectivity index (χ4n) is 1.64. The Labute approximate surface area is 85.9 Å². The molecular weight excluding hydrogens is 230 g/mol. The summed E-state index contributed by atoms with van der Waals surface area (Å²) in [5.74, 6) is 0.0914. The number of amides is 1. The monoisotopic (exact) mass is 239 g/mol. The van der Waals surface area contributed by atoms with Crippen LogP contribution in [0.25, 0.3) is 0 Å². The van der Waals surface area contributed by atoms with Crippen LogP contribution in [0.5, 0.6) is 0 Å². The molecule has 1 amide bonds. The first-order chi connectivity index (χ1) is 6.05. The second kappa shape index (κ2) is 2.58. The van der Waals surface area contributed by atoms with Crippen LogP contribution >= 0.6 is 16.1 Å². The molecule has 0 unspecified atom stereocenters. The molecule has 0 saturated heterocycles. The van der Waals surface area contributed by atoms with E-state index in [1.165, 1.54) is 0 Å². The molecule has 0 radical (unpaired) electrons. The average molecular weight is 240 g/mol. The SMILES string of the molecule is CC1(C)C(=O)N(Br)c2ccccc21. The van der Waals surface area contributed by atoms with Crippen molar-refractivity contribution >= 4 is 27.7 Å². The van der Waals surface area contributed by atoms with Crippen molar-refractivity contribution in [3.8, 4) is 0 Å². The zero-order chi connectivity index (χ0) is 9.64. The Kier molecular flexibility index (Phi) is 1.74. The summed E-state index contributed by atoms with van der Waals surface area (Å²) in [4.78, 5) is 11.8. The average Bonchev–Trinajstić information content (AvgIpc) is 2.30. The highest BCUT2D eigenvalue weighted by molar-refractivity contribution is 9.10. The van der Waals surface area contributed by atoms with Crippen LogP contribution in [-0.4, -0.2) is 5.91 Å². The molecule has 0 atom stereocenters. The van der Waals surface area contributed by atoms with E-state index < -0.39 is 5.41 Å². The quantitative estimate of drug-likeness (QED) is 0.638. The van der Waals surface area contributed by atoms with Crippen LogP contribution in [0.2, 0.25) is 0 Å². The smallest absolute Gasteiger partial charge is 0.247 e. The first-order valence-electron chi connectivity index (χ1n) is 4.15. The van der Waals surface area contributed by atoms with Gasteiger partial charge in [0.1, 0.15) is 0 Å². The van der Waals surface area contributed by atoms with Crippen LogP contribution in [-0.2, 0) is 10.2 Å². The third kappa shape index (κ3) is 1.03. The summed E-state index contributed by atoms with van der Waals surface area (Å²) in [6.45, 7) is 3.88. The van der Waals surface area contributed by atoms with E-state index >= 15 is 0 Å². The Bertz CT molecular complexity index is 373. The first kappa shape index (κ1) is 8.75. The van der Waals surface area contributed by atoms with Gasteiger partial charge in [-0.25, -0.2) is 3.93 Å². The number of hydrogen-bond donors (Lipinski definition) is 0. The molecule has 0 aliphatic carbocycles. The zero-order valence-corrected chi connectivity index (χ0v) is 9.13. The highest BCUT2D eigenvalue weighted by Crippen LogP contribution is 2.42. The van der Waals surface area contributed by atoms with Gasteiger partial charge in [-0.3, -0.25) is 4.79 Å². The van der Waals surface area contributed by atoms with Gasteiger partial charge in [0.2, 0.25) is 5.91 Å². The number of halogens is 1. The van der Waals surface area contributed by atoms with Crippen molar-refractivity contribution in [3.05, 3.63) is 29.8 Å². The van der Waals surface area contributed by atoms with Gasteiger partial charge >= 0.3 is 0 Å². The molecule has 0 fully saturated rings. The van der Waals surface area contributed by atoms with Crippen molar-refractivity contribution in [3.63, 3.8) is 0 Å². The molecule has 1 aliphatic rings. The molecule has 0 N–H and O–H groups in total. The predicted octanol–water partition coefficient (Wildman–Crippen LogP) is 2.62. The van der Waals surface area contributed by atoms with E-state index in [1.54, 1.807) is 3.93 Å². The highest BCUT2D eigenvalue weighted by atomic mass is 79.9. The van der Waals surface area contributed by atoms with Crippen LogP contribution in [0.4, 0.5) is 5.69 Å². The summed E-state index contributed by atoms with van der Waals surface area (Å²) in [6.07, 6.45) is 0. The summed E-state index contributed by atoms with van der Waals surface area (Å²) < 4.78 is 1.54. The van der Waals surface area contributed by atoms with Crippen molar-refractivity contribution in [2.75, 3.05) is 3.93 Å². The predicted molar refractivity (Wildman–Crippen MR) is 55.9 cm³/mol. The number of benzene rings is 1. The maximum absolute atomic E-state index is 11.8. The van der Waals surface area contributed by atoms with Crippen LogP contribution in [0.1, 0.15) is 19.4 Å². The van der Waals surface area contributed by atoms with E-state index in [4.69, 9.17) is 0 Å². The van der Waals surface area contributed by atoms with Gasteiger partial charge in [-0.05, 0) is 25.5 Å². The molecule has 0 spiro atoms. The Hall–Kier alpha value is -0.830. The van der Waals surface area contributed by atoms with Gasteiger partial charge in [0.15, 0.2) is 0 Å². The lowest BCUT2D eigenvalue weighted by molar-refractivity contribution is -0.120.